The van der Waals surface area contributed by atoms with Gasteiger partial charge < -0.3 is 4.57 Å². The number of hydrogen-bond acceptors (Lipinski definition) is 6. The quantitative estimate of drug-likeness (QED) is 0.429. The highest BCUT2D eigenvalue weighted by Gasteiger charge is 2.36. The topological polar surface area (TPSA) is 90.0 Å². The number of amides is 1. The number of aryl methyl sites for hydroxylation is 1. The number of para-hydroxylation sites is 2. The van der Waals surface area contributed by atoms with Crippen LogP contribution in [-0.2, 0) is 12.7 Å². The van der Waals surface area contributed by atoms with Crippen molar-refractivity contribution in [3.8, 4) is 10.6 Å². The number of aromatic nitrogens is 6. The Hall–Kier alpha value is -3.80. The van der Waals surface area contributed by atoms with Crippen molar-refractivity contribution in [3.63, 3.8) is 0 Å². The average molecular weight is 457 g/mol. The van der Waals surface area contributed by atoms with Gasteiger partial charge in [0.05, 0.1) is 21.6 Å². The van der Waals surface area contributed by atoms with Gasteiger partial charge in [-0.3, -0.25) is 10.1 Å². The number of carbonyl (C=O) groups is 1. The first-order valence-corrected chi connectivity index (χ1v) is 10.4. The van der Waals surface area contributed by atoms with E-state index in [2.05, 4.69) is 25.4 Å². The van der Waals surface area contributed by atoms with Crippen LogP contribution < -0.4 is 5.32 Å². The highest BCUT2D eigenvalue weighted by Crippen LogP contribution is 2.33. The lowest BCUT2D eigenvalue weighted by atomic mass is 10.3. The van der Waals surface area contributed by atoms with E-state index in [9.17, 15) is 18.0 Å². The minimum atomic E-state index is -4.72. The van der Waals surface area contributed by atoms with Gasteiger partial charge in [-0.2, -0.15) is 22.7 Å². The fraction of sp³-hybridized carbons (Fsp3) is 0.150. The summed E-state index contributed by atoms with van der Waals surface area (Å²) in [5.41, 5.74) is 0.523. The van der Waals surface area contributed by atoms with Gasteiger partial charge in [-0.25, -0.2) is 9.97 Å². The Morgan fingerprint density at radius 2 is 1.94 bits per heavy atom. The molecule has 0 unspecified atom stereocenters. The maximum absolute atomic E-state index is 13.7. The first-order chi connectivity index (χ1) is 15.3. The zero-order valence-electron chi connectivity index (χ0n) is 16.5. The summed E-state index contributed by atoms with van der Waals surface area (Å²) < 4.78 is 43.4. The van der Waals surface area contributed by atoms with Crippen molar-refractivity contribution < 1.29 is 18.0 Å². The molecule has 0 saturated carbocycles. The fourth-order valence-corrected chi connectivity index (χ4v) is 4.05. The van der Waals surface area contributed by atoms with Gasteiger partial charge >= 0.3 is 6.18 Å². The predicted molar refractivity (Wildman–Crippen MR) is 112 cm³/mol. The van der Waals surface area contributed by atoms with Gasteiger partial charge in [-0.15, -0.1) is 16.4 Å². The van der Waals surface area contributed by atoms with E-state index in [1.54, 1.807) is 28.1 Å². The summed E-state index contributed by atoms with van der Waals surface area (Å²) >= 11 is 1.25. The molecule has 4 aromatic heterocycles. The third-order valence-corrected chi connectivity index (χ3v) is 5.67. The molecule has 32 heavy (non-hydrogen) atoms. The molecule has 5 aromatic rings. The zero-order valence-corrected chi connectivity index (χ0v) is 17.3. The Bertz CT molecular complexity index is 1450. The minimum absolute atomic E-state index is 0.104. The molecule has 0 bridgehead atoms. The molecule has 12 heteroatoms. The number of carbonyl (C=O) groups excluding carboxylic acids is 1. The molecule has 0 saturated heterocycles. The largest absolute Gasteiger partial charge is 0.433 e. The van der Waals surface area contributed by atoms with Gasteiger partial charge in [-0.1, -0.05) is 18.2 Å². The lowest BCUT2D eigenvalue weighted by molar-refractivity contribution is -0.142. The van der Waals surface area contributed by atoms with Crippen molar-refractivity contribution in [1.29, 1.82) is 0 Å². The monoisotopic (exact) mass is 457 g/mol. The van der Waals surface area contributed by atoms with E-state index in [1.165, 1.54) is 11.3 Å². The van der Waals surface area contributed by atoms with E-state index in [1.807, 2.05) is 25.1 Å². The van der Waals surface area contributed by atoms with Gasteiger partial charge in [0.25, 0.3) is 11.7 Å². The molecule has 0 aliphatic carbocycles. The molecule has 0 aliphatic heterocycles. The molecule has 0 aliphatic rings. The number of nitrogens with zero attached hydrogens (tertiary/aromatic N) is 6. The first kappa shape index (κ1) is 20.1. The van der Waals surface area contributed by atoms with Gasteiger partial charge in [-0.05, 0) is 36.6 Å². The number of fused-ring (bicyclic) bond motifs is 2. The molecule has 4 heterocycles. The van der Waals surface area contributed by atoms with Crippen molar-refractivity contribution in [3.05, 3.63) is 59.4 Å². The van der Waals surface area contributed by atoms with Crippen LogP contribution in [0.15, 0.2) is 47.8 Å². The highest BCUT2D eigenvalue weighted by atomic mass is 32.1. The Kier molecular flexibility index (Phi) is 4.66. The second kappa shape index (κ2) is 7.41. The predicted octanol–water partition coefficient (Wildman–Crippen LogP) is 4.49. The number of alkyl halides is 3. The van der Waals surface area contributed by atoms with Crippen LogP contribution in [0, 0.1) is 0 Å². The van der Waals surface area contributed by atoms with Crippen molar-refractivity contribution >= 4 is 40.0 Å². The molecule has 162 valence electrons. The van der Waals surface area contributed by atoms with Crippen molar-refractivity contribution in [2.75, 3.05) is 5.32 Å². The summed E-state index contributed by atoms with van der Waals surface area (Å²) in [6.45, 7) is 2.41. The van der Waals surface area contributed by atoms with Crippen LogP contribution in [-0.4, -0.2) is 35.0 Å². The third-order valence-electron chi connectivity index (χ3n) is 4.78. The molecule has 0 atom stereocenters. The second-order valence-corrected chi connectivity index (χ2v) is 7.72. The molecular formula is C20H14F3N7OS. The van der Waals surface area contributed by atoms with Crippen molar-refractivity contribution in [1.82, 2.24) is 29.1 Å². The van der Waals surface area contributed by atoms with Crippen LogP contribution in [0.2, 0.25) is 0 Å². The number of nitrogens with one attached hydrogen (secondary N) is 1. The number of hydrogen-bond donors (Lipinski definition) is 1. The minimum Gasteiger partial charge on any atom is -0.310 e. The molecule has 1 N–H and O–H groups in total. The van der Waals surface area contributed by atoms with E-state index in [0.29, 0.717) is 21.5 Å². The number of anilines is 1. The van der Waals surface area contributed by atoms with Crippen molar-refractivity contribution in [2.45, 2.75) is 19.6 Å². The SMILES string of the molecule is CCn1c(NC(=O)c2nc3nc(-c4cccs4)cc(C(F)(F)F)n3n2)nc2ccccc21. The third kappa shape index (κ3) is 3.38. The maximum Gasteiger partial charge on any atom is 0.433 e. The molecule has 0 spiro atoms. The zero-order chi connectivity index (χ0) is 22.5. The standard InChI is InChI=1S/C20H14F3N7OS/c1-2-29-13-7-4-3-6-11(13)24-18(29)27-17(31)16-26-19-25-12(14-8-5-9-32-14)10-15(20(21,22)23)30(19)28-16/h3-10H,2H2,1H3,(H,24,27,31). The first-order valence-electron chi connectivity index (χ1n) is 9.50. The van der Waals surface area contributed by atoms with Gasteiger partial charge in [0.1, 0.15) is 0 Å². The normalized spacial score (nSPS) is 12.0. The molecule has 1 aromatic carbocycles. The average Bonchev–Trinajstić information content (AvgIpc) is 3.49. The van der Waals surface area contributed by atoms with E-state index in [4.69, 9.17) is 0 Å². The number of halogens is 3. The number of imidazole rings is 1. The number of benzene rings is 1. The maximum atomic E-state index is 13.7. The van der Waals surface area contributed by atoms with E-state index in [0.717, 1.165) is 11.6 Å². The lowest BCUT2D eigenvalue weighted by Crippen LogP contribution is -2.18. The van der Waals surface area contributed by atoms with Crippen LogP contribution in [0.5, 0.6) is 0 Å². The van der Waals surface area contributed by atoms with Crippen LogP contribution >= 0.6 is 11.3 Å². The second-order valence-electron chi connectivity index (χ2n) is 6.77. The Balaban J connectivity index is 1.57. The van der Waals surface area contributed by atoms with Crippen LogP contribution in [0.3, 0.4) is 0 Å². The van der Waals surface area contributed by atoms with Gasteiger partial charge in [0, 0.05) is 6.54 Å². The lowest BCUT2D eigenvalue weighted by Gasteiger charge is -2.09. The van der Waals surface area contributed by atoms with Crippen LogP contribution in [0.1, 0.15) is 23.2 Å². The summed E-state index contributed by atoms with van der Waals surface area (Å²) in [5, 5.41) is 8.11. The number of rotatable bonds is 4. The van der Waals surface area contributed by atoms with Crippen LogP contribution in [0.4, 0.5) is 19.1 Å². The Morgan fingerprint density at radius 1 is 1.12 bits per heavy atom. The van der Waals surface area contributed by atoms with Gasteiger partial charge in [0.2, 0.25) is 11.8 Å². The van der Waals surface area contributed by atoms with Crippen molar-refractivity contribution in [2.24, 2.45) is 0 Å². The summed E-state index contributed by atoms with van der Waals surface area (Å²) in [6, 6.07) is 11.6. The molecule has 0 fully saturated rings. The van der Waals surface area contributed by atoms with E-state index in [-0.39, 0.29) is 17.4 Å². The summed E-state index contributed by atoms with van der Waals surface area (Å²) in [6.07, 6.45) is -4.72. The highest BCUT2D eigenvalue weighted by molar-refractivity contribution is 7.13. The smallest absolute Gasteiger partial charge is 0.310 e. The summed E-state index contributed by atoms with van der Waals surface area (Å²) in [5.74, 6) is -1.30. The van der Waals surface area contributed by atoms with Gasteiger partial charge in [0.15, 0.2) is 5.69 Å². The molecule has 1 amide bonds. The number of thiophene rings is 1. The molecular weight excluding hydrogens is 443 g/mol. The summed E-state index contributed by atoms with van der Waals surface area (Å²) in [7, 11) is 0. The molecule has 0 radical (unpaired) electrons. The Morgan fingerprint density at radius 3 is 2.66 bits per heavy atom. The van der Waals surface area contributed by atoms with Crippen LogP contribution in [0.25, 0.3) is 27.4 Å². The van der Waals surface area contributed by atoms with E-state index < -0.39 is 23.6 Å². The fourth-order valence-electron chi connectivity index (χ4n) is 3.37. The molecule has 5 rings (SSSR count). The van der Waals surface area contributed by atoms with E-state index >= 15 is 0 Å². The Labute approximate surface area is 182 Å². The molecule has 8 nitrogen and oxygen atoms in total. The summed E-state index contributed by atoms with van der Waals surface area (Å²) in [4.78, 5) is 25.8.